The molecular formula is C37H62O11. The van der Waals surface area contributed by atoms with Crippen LogP contribution in [-0.2, 0) is 37.9 Å². The Morgan fingerprint density at radius 1 is 0.729 bits per heavy atom. The lowest BCUT2D eigenvalue weighted by atomic mass is 9.85. The summed E-state index contributed by atoms with van der Waals surface area (Å²) in [6, 6.07) is 0. The Balaban J connectivity index is 0.000000186. The van der Waals surface area contributed by atoms with Gasteiger partial charge in [-0.25, -0.2) is 0 Å². The number of aliphatic hydroxyl groups excluding tert-OH is 3. The molecule has 3 N–H and O–H groups in total. The van der Waals surface area contributed by atoms with E-state index in [1.165, 1.54) is 12.8 Å². The van der Waals surface area contributed by atoms with Gasteiger partial charge in [0.05, 0.1) is 31.5 Å². The molecule has 2 aliphatic carbocycles. The molecular weight excluding hydrogens is 620 g/mol. The predicted molar refractivity (Wildman–Crippen MR) is 178 cm³/mol. The highest BCUT2D eigenvalue weighted by molar-refractivity contribution is 5.05. The van der Waals surface area contributed by atoms with Gasteiger partial charge in [0, 0.05) is 31.6 Å². The number of hydrogen-bond donors (Lipinski definition) is 3. The topological polar surface area (TPSA) is 135 Å². The van der Waals surface area contributed by atoms with E-state index >= 15 is 0 Å². The molecule has 2 spiro atoms. The Kier molecular flexibility index (Phi) is 12.5. The van der Waals surface area contributed by atoms with E-state index in [9.17, 15) is 15.3 Å². The molecule has 276 valence electrons. The van der Waals surface area contributed by atoms with Gasteiger partial charge >= 0.3 is 0 Å². The van der Waals surface area contributed by atoms with Gasteiger partial charge in [0.25, 0.3) is 0 Å². The van der Waals surface area contributed by atoms with Gasteiger partial charge in [0.1, 0.15) is 48.8 Å². The first-order valence-corrected chi connectivity index (χ1v) is 18.1. The average molecular weight is 683 g/mol. The zero-order chi connectivity index (χ0) is 33.4. The molecule has 2 saturated carbocycles. The van der Waals surface area contributed by atoms with Crippen LogP contribution in [0.1, 0.15) is 105 Å². The van der Waals surface area contributed by atoms with Crippen molar-refractivity contribution in [1.82, 2.24) is 0 Å². The summed E-state index contributed by atoms with van der Waals surface area (Å²) >= 11 is 0. The van der Waals surface area contributed by atoms with Crippen molar-refractivity contribution < 1.29 is 53.2 Å². The number of rotatable bonds is 7. The van der Waals surface area contributed by atoms with Crippen LogP contribution in [0.3, 0.4) is 0 Å². The molecule has 5 aliphatic heterocycles. The molecule has 11 heteroatoms. The third-order valence-corrected chi connectivity index (χ3v) is 11.2. The van der Waals surface area contributed by atoms with Gasteiger partial charge in [0.15, 0.2) is 17.4 Å². The molecule has 2 unspecified atom stereocenters. The number of aliphatic hydroxyl groups is 3. The van der Waals surface area contributed by atoms with Gasteiger partial charge < -0.3 is 53.2 Å². The summed E-state index contributed by atoms with van der Waals surface area (Å²) in [5.41, 5.74) is 0. The van der Waals surface area contributed by atoms with Crippen molar-refractivity contribution in [2.75, 3.05) is 13.2 Å². The molecule has 11 nitrogen and oxygen atoms in total. The van der Waals surface area contributed by atoms with Crippen molar-refractivity contribution in [3.63, 3.8) is 0 Å². The summed E-state index contributed by atoms with van der Waals surface area (Å²) in [6.07, 6.45) is 10.9. The highest BCUT2D eigenvalue weighted by atomic mass is 16.8. The minimum absolute atomic E-state index is 0. The Labute approximate surface area is 287 Å². The van der Waals surface area contributed by atoms with Gasteiger partial charge in [-0.2, -0.15) is 0 Å². The van der Waals surface area contributed by atoms with Gasteiger partial charge in [-0.3, -0.25) is 0 Å². The molecule has 7 rings (SSSR count). The first-order chi connectivity index (χ1) is 22.5. The third kappa shape index (κ3) is 7.77. The van der Waals surface area contributed by atoms with Crippen molar-refractivity contribution >= 4 is 0 Å². The largest absolute Gasteiger partial charge is 0.394 e. The summed E-state index contributed by atoms with van der Waals surface area (Å²) in [7, 11) is 0. The van der Waals surface area contributed by atoms with Crippen LogP contribution in [-0.4, -0.2) is 113 Å². The maximum atomic E-state index is 10.8. The van der Waals surface area contributed by atoms with E-state index in [1.54, 1.807) is 6.08 Å². The Bertz CT molecular complexity index is 1060. The van der Waals surface area contributed by atoms with E-state index in [0.717, 1.165) is 51.4 Å². The first kappa shape index (κ1) is 38.3. The lowest BCUT2D eigenvalue weighted by molar-refractivity contribution is -0.227. The molecule has 7 fully saturated rings. The van der Waals surface area contributed by atoms with Crippen LogP contribution < -0.4 is 0 Å². The molecule has 0 aromatic heterocycles. The fraction of sp³-hybridized carbons (Fsp3) is 0.892. The Morgan fingerprint density at radius 3 is 1.81 bits per heavy atom. The van der Waals surface area contributed by atoms with Crippen molar-refractivity contribution in [3.8, 4) is 0 Å². The van der Waals surface area contributed by atoms with Crippen molar-refractivity contribution in [1.29, 1.82) is 0 Å². The molecule has 5 heterocycles. The molecule has 0 bridgehead atoms. The standard InChI is InChI=1S/C19H30O6.C17H28O5.CH4/c1-4-8-12-14(20)16-17(25-19(24-16)9-6-5-7-10-19)15(22-12)13-11-21-18(2,3)23-13;1-3-7-13-11(2)14-16(15(20-13)12(19)10-18)22-17(21-14)8-5-4-6-9-17;/h4,12-17,20H,1,5-11H2,2-3H3;3,11-16,18-19H,1,4-10H2,2H3;1H4/t12-,13+,14-,15-,16-,17?;11-,12+,13-,14-,15-,16?;/m00./s1. The van der Waals surface area contributed by atoms with Gasteiger partial charge in [-0.15, -0.1) is 13.2 Å². The maximum absolute atomic E-state index is 10.8. The summed E-state index contributed by atoms with van der Waals surface area (Å²) in [5.74, 6) is -1.54. The fourth-order valence-corrected chi connectivity index (χ4v) is 8.72. The molecule has 7 aliphatic rings. The first-order valence-electron chi connectivity index (χ1n) is 18.1. The summed E-state index contributed by atoms with van der Waals surface area (Å²) < 4.78 is 49.5. The van der Waals surface area contributed by atoms with Crippen LogP contribution in [0.15, 0.2) is 25.3 Å². The highest BCUT2D eigenvalue weighted by Crippen LogP contribution is 2.48. The highest BCUT2D eigenvalue weighted by Gasteiger charge is 2.61. The zero-order valence-corrected chi connectivity index (χ0v) is 28.5. The van der Waals surface area contributed by atoms with Crippen LogP contribution >= 0.6 is 0 Å². The van der Waals surface area contributed by atoms with E-state index in [1.807, 2.05) is 19.9 Å². The van der Waals surface area contributed by atoms with Gasteiger partial charge in [-0.1, -0.05) is 39.3 Å². The third-order valence-electron chi connectivity index (χ3n) is 11.2. The quantitative estimate of drug-likeness (QED) is 0.323. The smallest absolute Gasteiger partial charge is 0.169 e. The molecule has 48 heavy (non-hydrogen) atoms. The van der Waals surface area contributed by atoms with Crippen LogP contribution in [0, 0.1) is 5.92 Å². The van der Waals surface area contributed by atoms with Crippen molar-refractivity contribution in [2.24, 2.45) is 5.92 Å². The lowest BCUT2D eigenvalue weighted by Gasteiger charge is -2.42. The summed E-state index contributed by atoms with van der Waals surface area (Å²) in [5, 5.41) is 30.3. The molecule has 0 amide bonds. The second kappa shape index (κ2) is 15.7. The zero-order valence-electron chi connectivity index (χ0n) is 28.5. The second-order valence-corrected chi connectivity index (χ2v) is 15.1. The normalized spacial score (nSPS) is 42.9. The molecule has 5 saturated heterocycles. The van der Waals surface area contributed by atoms with Crippen molar-refractivity contribution in [2.45, 2.75) is 190 Å². The van der Waals surface area contributed by atoms with Crippen LogP contribution in [0.5, 0.6) is 0 Å². The molecule has 0 radical (unpaired) electrons. The SMILES string of the molecule is C.C=CC[C@@H]1O[C@@H]([C@H](O)CO)C2OC3(CCCCC3)O[C@H]2[C@H]1C.C=CC[C@@H]1O[C@@H]([C@H]2COC(C)(C)O2)C2OC3(CCCCC3)O[C@H]2[C@H]1O. The summed E-state index contributed by atoms with van der Waals surface area (Å²) in [4.78, 5) is 0. The van der Waals surface area contributed by atoms with Crippen LogP contribution in [0.2, 0.25) is 0 Å². The van der Waals surface area contributed by atoms with E-state index in [2.05, 4.69) is 20.1 Å². The monoisotopic (exact) mass is 682 g/mol. The van der Waals surface area contributed by atoms with Gasteiger partial charge in [-0.05, 0) is 52.4 Å². The van der Waals surface area contributed by atoms with Gasteiger partial charge in [0.2, 0.25) is 0 Å². The fourth-order valence-electron chi connectivity index (χ4n) is 8.72. The minimum Gasteiger partial charge on any atom is -0.394 e. The molecule has 12 atom stereocenters. The number of fused-ring (bicyclic) bond motifs is 2. The van der Waals surface area contributed by atoms with E-state index in [0.29, 0.717) is 19.4 Å². The van der Waals surface area contributed by atoms with Crippen LogP contribution in [0.25, 0.3) is 0 Å². The second-order valence-electron chi connectivity index (χ2n) is 15.1. The molecule has 0 aromatic rings. The maximum Gasteiger partial charge on any atom is 0.169 e. The van der Waals surface area contributed by atoms with Crippen molar-refractivity contribution in [3.05, 3.63) is 25.3 Å². The average Bonchev–Trinajstić information content (AvgIpc) is 3.74. The predicted octanol–water partition coefficient (Wildman–Crippen LogP) is 4.69. The molecule has 0 aromatic carbocycles. The van der Waals surface area contributed by atoms with E-state index < -0.39 is 41.8 Å². The number of ether oxygens (including phenoxy) is 8. The van der Waals surface area contributed by atoms with E-state index in [-0.39, 0.29) is 62.7 Å². The Morgan fingerprint density at radius 2 is 1.27 bits per heavy atom. The lowest BCUT2D eigenvalue weighted by Crippen LogP contribution is -2.59. The summed E-state index contributed by atoms with van der Waals surface area (Å²) in [6.45, 7) is 13.6. The van der Waals surface area contributed by atoms with Crippen LogP contribution in [0.4, 0.5) is 0 Å². The van der Waals surface area contributed by atoms with E-state index in [4.69, 9.17) is 37.9 Å². The Hall–Kier alpha value is -0.960. The minimum atomic E-state index is -0.949. The number of hydrogen-bond acceptors (Lipinski definition) is 11.